The van der Waals surface area contributed by atoms with Crippen molar-refractivity contribution < 1.29 is 4.79 Å². The van der Waals surface area contributed by atoms with E-state index in [1.165, 1.54) is 28.7 Å². The van der Waals surface area contributed by atoms with Gasteiger partial charge in [-0.05, 0) is 36.4 Å². The van der Waals surface area contributed by atoms with Crippen molar-refractivity contribution in [2.24, 2.45) is 0 Å². The highest BCUT2D eigenvalue weighted by molar-refractivity contribution is 7.25. The van der Waals surface area contributed by atoms with Gasteiger partial charge in [0, 0.05) is 11.4 Å². The fourth-order valence-electron chi connectivity index (χ4n) is 3.90. The van der Waals surface area contributed by atoms with E-state index in [0.29, 0.717) is 10.2 Å². The molecule has 148 valence electrons. The van der Waals surface area contributed by atoms with Gasteiger partial charge in [0.1, 0.15) is 16.1 Å². The van der Waals surface area contributed by atoms with Crippen LogP contribution in [0.2, 0.25) is 0 Å². The summed E-state index contributed by atoms with van der Waals surface area (Å²) in [5, 5.41) is 5.95. The number of rotatable bonds is 4. The average Bonchev–Trinajstić information content (AvgIpc) is 3.39. The Morgan fingerprint density at radius 3 is 2.86 bits per heavy atom. The van der Waals surface area contributed by atoms with E-state index >= 15 is 0 Å². The van der Waals surface area contributed by atoms with Gasteiger partial charge in [0.15, 0.2) is 0 Å². The Labute approximate surface area is 175 Å². The zero-order valence-electron chi connectivity index (χ0n) is 15.8. The Balaban J connectivity index is 1.45. The number of nitrogens with one attached hydrogen (secondary N) is 1. The lowest BCUT2D eigenvalue weighted by Gasteiger charge is -2.22. The largest absolute Gasteiger partial charge is 0.352 e. The second-order valence-electron chi connectivity index (χ2n) is 7.39. The number of carbonyl (C=O) groups is 1. The van der Waals surface area contributed by atoms with Gasteiger partial charge in [0.2, 0.25) is 5.91 Å². The maximum Gasteiger partial charge on any atom is 0.271 e. The molecule has 0 unspecified atom stereocenters. The van der Waals surface area contributed by atoms with Crippen LogP contribution in [-0.2, 0) is 11.3 Å². The molecule has 0 atom stereocenters. The van der Waals surface area contributed by atoms with Crippen LogP contribution in [0, 0.1) is 0 Å². The van der Waals surface area contributed by atoms with Crippen LogP contribution in [0.5, 0.6) is 0 Å². The molecule has 0 saturated heterocycles. The summed E-state index contributed by atoms with van der Waals surface area (Å²) >= 11 is 2.98. The maximum absolute atomic E-state index is 13.0. The number of fused-ring (bicyclic) bond motifs is 3. The Morgan fingerprint density at radius 2 is 2.07 bits per heavy atom. The molecule has 1 fully saturated rings. The van der Waals surface area contributed by atoms with Crippen LogP contribution in [0.3, 0.4) is 0 Å². The fraction of sp³-hybridized carbons (Fsp3) is 0.333. The lowest BCUT2D eigenvalue weighted by Crippen LogP contribution is -2.39. The Kier molecular flexibility index (Phi) is 4.89. The first-order valence-corrected chi connectivity index (χ1v) is 11.5. The third kappa shape index (κ3) is 3.58. The molecular weight excluding hydrogens is 404 g/mol. The minimum absolute atomic E-state index is 0.000389. The van der Waals surface area contributed by atoms with E-state index in [9.17, 15) is 9.59 Å². The van der Waals surface area contributed by atoms with Crippen LogP contribution in [0.1, 0.15) is 32.1 Å². The number of thiophene rings is 2. The highest BCUT2D eigenvalue weighted by Crippen LogP contribution is 2.32. The topological polar surface area (TPSA) is 76.9 Å². The molecule has 0 aromatic carbocycles. The molecule has 1 aliphatic rings. The molecule has 1 saturated carbocycles. The molecule has 1 amide bonds. The molecule has 0 radical (unpaired) electrons. The van der Waals surface area contributed by atoms with E-state index in [0.717, 1.165) is 46.5 Å². The molecule has 4 aromatic rings. The summed E-state index contributed by atoms with van der Waals surface area (Å²) in [5.74, 6) is -0.126. The zero-order valence-corrected chi connectivity index (χ0v) is 17.4. The van der Waals surface area contributed by atoms with Gasteiger partial charge < -0.3 is 5.32 Å². The number of hydrogen-bond donors (Lipinski definition) is 1. The Morgan fingerprint density at radius 1 is 1.21 bits per heavy atom. The van der Waals surface area contributed by atoms with Gasteiger partial charge in [-0.2, -0.15) is 0 Å². The van der Waals surface area contributed by atoms with Crippen LogP contribution in [0.15, 0.2) is 40.8 Å². The molecular formula is C21H20N4O2S2. The van der Waals surface area contributed by atoms with Crippen molar-refractivity contribution >= 4 is 49.0 Å². The predicted molar refractivity (Wildman–Crippen MR) is 118 cm³/mol. The highest BCUT2D eigenvalue weighted by atomic mass is 32.1. The van der Waals surface area contributed by atoms with Crippen molar-refractivity contribution in [2.45, 2.75) is 44.7 Å². The summed E-state index contributed by atoms with van der Waals surface area (Å²) in [6.07, 6.45) is 7.06. The molecule has 0 spiro atoms. The minimum Gasteiger partial charge on any atom is -0.352 e. The summed E-state index contributed by atoms with van der Waals surface area (Å²) < 4.78 is 1.94. The molecule has 29 heavy (non-hydrogen) atoms. The van der Waals surface area contributed by atoms with Gasteiger partial charge in [0.25, 0.3) is 5.56 Å². The monoisotopic (exact) mass is 424 g/mol. The third-order valence-corrected chi connectivity index (χ3v) is 7.34. The standard InChI is InChI=1S/C21H20N4O2S2/c26-17(23-13-5-2-1-3-6-13)11-25-12-22-18-14-8-9-15(16-7-4-10-28-16)24-20(14)29-19(18)21(25)27/h4,7-10,12-13H,1-3,5-6,11H2,(H,23,26). The van der Waals surface area contributed by atoms with E-state index in [1.54, 1.807) is 11.3 Å². The van der Waals surface area contributed by atoms with E-state index in [4.69, 9.17) is 4.98 Å². The van der Waals surface area contributed by atoms with E-state index < -0.39 is 0 Å². The number of hydrogen-bond acceptors (Lipinski definition) is 6. The van der Waals surface area contributed by atoms with Crippen LogP contribution in [-0.4, -0.2) is 26.5 Å². The van der Waals surface area contributed by atoms with E-state index in [1.807, 2.05) is 29.6 Å². The smallest absolute Gasteiger partial charge is 0.271 e. The van der Waals surface area contributed by atoms with Gasteiger partial charge in [-0.1, -0.05) is 25.3 Å². The van der Waals surface area contributed by atoms with Gasteiger partial charge >= 0.3 is 0 Å². The van der Waals surface area contributed by atoms with Crippen molar-refractivity contribution in [3.05, 3.63) is 46.3 Å². The summed E-state index contributed by atoms with van der Waals surface area (Å²) in [5.41, 5.74) is 1.37. The Hall–Kier alpha value is -2.58. The van der Waals surface area contributed by atoms with Crippen LogP contribution in [0.25, 0.3) is 31.0 Å². The van der Waals surface area contributed by atoms with Crippen molar-refractivity contribution in [2.75, 3.05) is 0 Å². The molecule has 5 rings (SSSR count). The zero-order chi connectivity index (χ0) is 19.8. The second-order valence-corrected chi connectivity index (χ2v) is 9.33. The van der Waals surface area contributed by atoms with Gasteiger partial charge in [-0.25, -0.2) is 9.97 Å². The molecule has 6 nitrogen and oxygen atoms in total. The van der Waals surface area contributed by atoms with Crippen LogP contribution < -0.4 is 10.9 Å². The third-order valence-electron chi connectivity index (χ3n) is 5.37. The molecule has 8 heteroatoms. The first-order valence-electron chi connectivity index (χ1n) is 9.81. The highest BCUT2D eigenvalue weighted by Gasteiger charge is 2.18. The maximum atomic E-state index is 13.0. The minimum atomic E-state index is -0.186. The predicted octanol–water partition coefficient (Wildman–Crippen LogP) is 4.18. The summed E-state index contributed by atoms with van der Waals surface area (Å²) in [6.45, 7) is 0.000389. The van der Waals surface area contributed by atoms with Gasteiger partial charge in [-0.3, -0.25) is 14.2 Å². The molecule has 0 bridgehead atoms. The van der Waals surface area contributed by atoms with E-state index in [-0.39, 0.29) is 24.1 Å². The van der Waals surface area contributed by atoms with E-state index in [2.05, 4.69) is 10.3 Å². The second kappa shape index (κ2) is 7.68. The lowest BCUT2D eigenvalue weighted by atomic mass is 9.95. The number of carbonyl (C=O) groups excluding carboxylic acids is 1. The van der Waals surface area contributed by atoms with Gasteiger partial charge in [-0.15, -0.1) is 22.7 Å². The summed E-state index contributed by atoms with van der Waals surface area (Å²) in [6, 6.07) is 8.19. The number of amides is 1. The molecule has 0 aliphatic heterocycles. The normalized spacial score (nSPS) is 15.2. The molecule has 1 aliphatic carbocycles. The van der Waals surface area contributed by atoms with Crippen LogP contribution in [0.4, 0.5) is 0 Å². The Bertz CT molecular complexity index is 1240. The number of aromatic nitrogens is 3. The van der Waals surface area contributed by atoms with Crippen LogP contribution >= 0.6 is 22.7 Å². The van der Waals surface area contributed by atoms with Crippen molar-refractivity contribution in [3.63, 3.8) is 0 Å². The number of nitrogens with zero attached hydrogens (tertiary/aromatic N) is 3. The average molecular weight is 425 g/mol. The van der Waals surface area contributed by atoms with Crippen molar-refractivity contribution in [3.8, 4) is 10.6 Å². The lowest BCUT2D eigenvalue weighted by molar-refractivity contribution is -0.122. The summed E-state index contributed by atoms with van der Waals surface area (Å²) in [7, 11) is 0. The van der Waals surface area contributed by atoms with Crippen molar-refractivity contribution in [1.82, 2.24) is 19.9 Å². The first kappa shape index (κ1) is 18.4. The molecule has 4 heterocycles. The first-order chi connectivity index (χ1) is 14.2. The molecule has 4 aromatic heterocycles. The summed E-state index contributed by atoms with van der Waals surface area (Å²) in [4.78, 5) is 36.5. The quantitative estimate of drug-likeness (QED) is 0.533. The number of pyridine rings is 1. The molecule has 1 N–H and O–H groups in total. The van der Waals surface area contributed by atoms with Crippen molar-refractivity contribution in [1.29, 1.82) is 0 Å². The SMILES string of the molecule is O=C(Cn1cnc2c(sc3nc(-c4cccs4)ccc32)c1=O)NC1CCCCC1. The van der Waals surface area contributed by atoms with Gasteiger partial charge in [0.05, 0.1) is 22.4 Å². The fourth-order valence-corrected chi connectivity index (χ4v) is 5.67.